The third kappa shape index (κ3) is 2.58. The van der Waals surface area contributed by atoms with Crippen LogP contribution in [0.4, 0.5) is 27.1 Å². The number of anilines is 4. The van der Waals surface area contributed by atoms with Crippen LogP contribution >= 0.6 is 11.6 Å². The van der Waals surface area contributed by atoms with Crippen LogP contribution in [0.1, 0.15) is 5.56 Å². The van der Waals surface area contributed by atoms with Crippen LogP contribution in [0.5, 0.6) is 5.75 Å². The fourth-order valence-corrected chi connectivity index (χ4v) is 2.00. The molecule has 2 rings (SSSR count). The monoisotopic (exact) mass is 295 g/mol. The maximum absolute atomic E-state index is 14.1. The van der Waals surface area contributed by atoms with Crippen LogP contribution in [0, 0.1) is 12.7 Å². The first kappa shape index (κ1) is 14.3. The van der Waals surface area contributed by atoms with E-state index in [4.69, 9.17) is 27.8 Å². The highest BCUT2D eigenvalue weighted by Crippen LogP contribution is 2.37. The fraction of sp³-hybridized carbons (Fsp3) is 0.143. The quantitative estimate of drug-likeness (QED) is 0.755. The minimum atomic E-state index is -0.687. The Hall–Kier alpha value is -2.14. The van der Waals surface area contributed by atoms with E-state index in [9.17, 15) is 4.39 Å². The highest BCUT2D eigenvalue weighted by molar-refractivity contribution is 6.33. The summed E-state index contributed by atoms with van der Waals surface area (Å²) in [7, 11) is 1.53. The van der Waals surface area contributed by atoms with Crippen molar-refractivity contribution >= 4 is 34.4 Å². The van der Waals surface area contributed by atoms with Crippen LogP contribution in [-0.2, 0) is 0 Å². The molecule has 6 heteroatoms. The van der Waals surface area contributed by atoms with Gasteiger partial charge in [-0.1, -0.05) is 17.7 Å². The van der Waals surface area contributed by atoms with Crippen molar-refractivity contribution in [3.63, 3.8) is 0 Å². The lowest BCUT2D eigenvalue weighted by Gasteiger charge is -2.15. The van der Waals surface area contributed by atoms with Crippen LogP contribution in [0.25, 0.3) is 0 Å². The van der Waals surface area contributed by atoms with E-state index in [-0.39, 0.29) is 22.1 Å². The predicted molar refractivity (Wildman–Crippen MR) is 81.2 cm³/mol. The summed E-state index contributed by atoms with van der Waals surface area (Å²) in [5, 5.41) is 2.74. The maximum Gasteiger partial charge on any atom is 0.169 e. The number of rotatable bonds is 3. The standard InChI is InChI=1S/C14H15ClFN3O/c1-7-3-4-11(20-2)10(5-7)19-14-9(18)6-8(17)12(15)13(14)16/h3-6,19H,17-18H2,1-2H3. The Morgan fingerprint density at radius 2 is 1.90 bits per heavy atom. The minimum absolute atomic E-state index is 0.0769. The lowest BCUT2D eigenvalue weighted by atomic mass is 10.1. The molecule has 0 saturated carbocycles. The lowest BCUT2D eigenvalue weighted by Crippen LogP contribution is -2.03. The molecule has 0 heterocycles. The molecule has 0 amide bonds. The summed E-state index contributed by atoms with van der Waals surface area (Å²) >= 11 is 5.80. The molecule has 4 nitrogen and oxygen atoms in total. The second-order valence-electron chi connectivity index (χ2n) is 4.39. The average molecular weight is 296 g/mol. The van der Waals surface area contributed by atoms with Gasteiger partial charge in [0.2, 0.25) is 0 Å². The van der Waals surface area contributed by atoms with Crippen molar-refractivity contribution in [1.82, 2.24) is 0 Å². The molecule has 2 aromatic rings. The molecule has 106 valence electrons. The van der Waals surface area contributed by atoms with Crippen molar-refractivity contribution in [2.24, 2.45) is 0 Å². The molecule has 0 fully saturated rings. The summed E-state index contributed by atoms with van der Waals surface area (Å²) in [6, 6.07) is 6.91. The Kier molecular flexibility index (Phi) is 3.90. The van der Waals surface area contributed by atoms with Gasteiger partial charge in [-0.25, -0.2) is 4.39 Å². The number of ether oxygens (including phenoxy) is 1. The van der Waals surface area contributed by atoms with E-state index >= 15 is 0 Å². The maximum atomic E-state index is 14.1. The Morgan fingerprint density at radius 3 is 2.55 bits per heavy atom. The number of aryl methyl sites for hydroxylation is 1. The van der Waals surface area contributed by atoms with Gasteiger partial charge in [0.05, 0.1) is 29.9 Å². The predicted octanol–water partition coefficient (Wildman–Crippen LogP) is 3.70. The third-order valence-corrected chi connectivity index (χ3v) is 3.26. The molecule has 0 unspecified atom stereocenters. The van der Waals surface area contributed by atoms with Gasteiger partial charge >= 0.3 is 0 Å². The van der Waals surface area contributed by atoms with Gasteiger partial charge in [-0.15, -0.1) is 0 Å². The van der Waals surface area contributed by atoms with E-state index in [1.54, 1.807) is 6.07 Å². The molecule has 0 aliphatic heterocycles. The van der Waals surface area contributed by atoms with Crippen LogP contribution < -0.4 is 21.5 Å². The van der Waals surface area contributed by atoms with Crippen molar-refractivity contribution in [3.8, 4) is 5.75 Å². The zero-order valence-electron chi connectivity index (χ0n) is 11.1. The molecule has 0 aliphatic carbocycles. The van der Waals surface area contributed by atoms with Gasteiger partial charge in [-0.3, -0.25) is 0 Å². The number of nitrogens with two attached hydrogens (primary N) is 2. The summed E-state index contributed by atoms with van der Waals surface area (Å²) in [5.74, 6) is -0.116. The van der Waals surface area contributed by atoms with Crippen LogP contribution in [-0.4, -0.2) is 7.11 Å². The molecular weight excluding hydrogens is 281 g/mol. The van der Waals surface area contributed by atoms with E-state index < -0.39 is 5.82 Å². The summed E-state index contributed by atoms with van der Waals surface area (Å²) in [6.07, 6.45) is 0. The van der Waals surface area contributed by atoms with E-state index in [0.29, 0.717) is 11.4 Å². The number of hydrogen-bond donors (Lipinski definition) is 3. The van der Waals surface area contributed by atoms with Crippen molar-refractivity contribution in [2.45, 2.75) is 6.92 Å². The third-order valence-electron chi connectivity index (χ3n) is 2.88. The molecule has 0 saturated heterocycles. The Labute approximate surface area is 121 Å². The SMILES string of the molecule is COc1ccc(C)cc1Nc1c(N)cc(N)c(Cl)c1F. The summed E-state index contributed by atoms with van der Waals surface area (Å²) in [6.45, 7) is 1.92. The average Bonchev–Trinajstić information content (AvgIpc) is 2.41. The van der Waals surface area contributed by atoms with Crippen LogP contribution in [0.2, 0.25) is 5.02 Å². The smallest absolute Gasteiger partial charge is 0.169 e. The summed E-state index contributed by atoms with van der Waals surface area (Å²) in [5.41, 5.74) is 13.3. The molecule has 0 atom stereocenters. The largest absolute Gasteiger partial charge is 0.495 e. The van der Waals surface area contributed by atoms with Gasteiger partial charge in [-0.2, -0.15) is 0 Å². The molecule has 0 bridgehead atoms. The van der Waals surface area contributed by atoms with Crippen molar-refractivity contribution in [1.29, 1.82) is 0 Å². The summed E-state index contributed by atoms with van der Waals surface area (Å²) < 4.78 is 19.4. The van der Waals surface area contributed by atoms with Crippen molar-refractivity contribution < 1.29 is 9.13 Å². The van der Waals surface area contributed by atoms with E-state index in [2.05, 4.69) is 5.32 Å². The Morgan fingerprint density at radius 1 is 1.20 bits per heavy atom. The first-order valence-corrected chi connectivity index (χ1v) is 6.26. The van der Waals surface area contributed by atoms with Gasteiger partial charge in [0, 0.05) is 0 Å². The molecule has 0 aromatic heterocycles. The Bertz CT molecular complexity index is 661. The topological polar surface area (TPSA) is 73.3 Å². The molecule has 0 aliphatic rings. The van der Waals surface area contributed by atoms with Gasteiger partial charge in [0.1, 0.15) is 10.8 Å². The first-order valence-electron chi connectivity index (χ1n) is 5.88. The number of nitrogen functional groups attached to an aromatic ring is 2. The number of methoxy groups -OCH3 is 1. The van der Waals surface area contributed by atoms with E-state index in [1.807, 2.05) is 19.1 Å². The molecule has 0 radical (unpaired) electrons. The van der Waals surface area contributed by atoms with Gasteiger partial charge in [0.15, 0.2) is 5.82 Å². The fourth-order valence-electron chi connectivity index (χ4n) is 1.85. The molecule has 2 aromatic carbocycles. The van der Waals surface area contributed by atoms with Gasteiger partial charge in [0.25, 0.3) is 0 Å². The highest BCUT2D eigenvalue weighted by Gasteiger charge is 2.16. The molecule has 20 heavy (non-hydrogen) atoms. The van der Waals surface area contributed by atoms with Crippen LogP contribution in [0.3, 0.4) is 0 Å². The number of nitrogens with one attached hydrogen (secondary N) is 1. The minimum Gasteiger partial charge on any atom is -0.495 e. The van der Waals surface area contributed by atoms with E-state index in [1.165, 1.54) is 13.2 Å². The lowest BCUT2D eigenvalue weighted by molar-refractivity contribution is 0.416. The zero-order chi connectivity index (χ0) is 14.9. The second-order valence-corrected chi connectivity index (χ2v) is 4.76. The number of hydrogen-bond acceptors (Lipinski definition) is 4. The second kappa shape index (κ2) is 5.46. The van der Waals surface area contributed by atoms with Gasteiger partial charge < -0.3 is 21.5 Å². The molecule has 0 spiro atoms. The molecular formula is C14H15ClFN3O. The van der Waals surface area contributed by atoms with Gasteiger partial charge in [-0.05, 0) is 30.7 Å². The van der Waals surface area contributed by atoms with Crippen molar-refractivity contribution in [2.75, 3.05) is 23.9 Å². The molecule has 5 N–H and O–H groups in total. The zero-order valence-corrected chi connectivity index (χ0v) is 11.9. The first-order chi connectivity index (χ1) is 9.43. The highest BCUT2D eigenvalue weighted by atomic mass is 35.5. The number of benzene rings is 2. The number of halogens is 2. The Balaban J connectivity index is 2.50. The normalized spacial score (nSPS) is 10.4. The van der Waals surface area contributed by atoms with Crippen LogP contribution in [0.15, 0.2) is 24.3 Å². The van der Waals surface area contributed by atoms with E-state index in [0.717, 1.165) is 5.56 Å². The summed E-state index contributed by atoms with van der Waals surface area (Å²) in [4.78, 5) is 0. The van der Waals surface area contributed by atoms with Crippen molar-refractivity contribution in [3.05, 3.63) is 40.7 Å².